The van der Waals surface area contributed by atoms with Crippen molar-refractivity contribution in [3.8, 4) is 22.8 Å². The van der Waals surface area contributed by atoms with E-state index >= 15 is 0 Å². The number of para-hydroxylation sites is 1. The maximum atomic E-state index is 5.94. The molecule has 20 heavy (non-hydrogen) atoms. The van der Waals surface area contributed by atoms with Gasteiger partial charge in [0.05, 0.1) is 12.8 Å². The van der Waals surface area contributed by atoms with Crippen molar-refractivity contribution in [3.05, 3.63) is 54.9 Å². The van der Waals surface area contributed by atoms with Crippen LogP contribution in [0.1, 0.15) is 0 Å². The van der Waals surface area contributed by atoms with Crippen LogP contribution in [0.5, 0.6) is 5.75 Å². The monoisotopic (exact) mass is 266 g/mol. The van der Waals surface area contributed by atoms with E-state index in [1.165, 1.54) is 0 Å². The van der Waals surface area contributed by atoms with E-state index in [2.05, 4.69) is 10.2 Å². The normalized spacial score (nSPS) is 10.4. The van der Waals surface area contributed by atoms with E-state index < -0.39 is 0 Å². The molecule has 5 heteroatoms. The molecule has 0 bridgehead atoms. The summed E-state index contributed by atoms with van der Waals surface area (Å²) < 4.78 is 7.08. The molecular formula is C15H14N4O. The maximum Gasteiger partial charge on any atom is 0.168 e. The minimum atomic E-state index is 0.576. The molecule has 0 atom stereocenters. The van der Waals surface area contributed by atoms with Gasteiger partial charge in [-0.3, -0.25) is 4.57 Å². The molecule has 0 saturated heterocycles. The first-order valence-electron chi connectivity index (χ1n) is 6.19. The number of aromatic nitrogens is 3. The lowest BCUT2D eigenvalue weighted by Crippen LogP contribution is -1.98. The van der Waals surface area contributed by atoms with Gasteiger partial charge in [0.15, 0.2) is 5.82 Å². The van der Waals surface area contributed by atoms with Gasteiger partial charge in [0, 0.05) is 11.3 Å². The second-order valence-electron chi connectivity index (χ2n) is 4.32. The van der Waals surface area contributed by atoms with Crippen molar-refractivity contribution in [1.82, 2.24) is 14.8 Å². The summed E-state index contributed by atoms with van der Waals surface area (Å²) in [5.74, 6) is 1.39. The average molecular weight is 266 g/mol. The van der Waals surface area contributed by atoms with E-state index in [1.54, 1.807) is 13.4 Å². The van der Waals surface area contributed by atoms with Gasteiger partial charge in [-0.25, -0.2) is 0 Å². The predicted octanol–water partition coefficient (Wildman–Crippen LogP) is 2.53. The smallest absolute Gasteiger partial charge is 0.168 e. The molecule has 1 heterocycles. The van der Waals surface area contributed by atoms with E-state index in [0.717, 1.165) is 17.1 Å². The Morgan fingerprint density at radius 1 is 1.10 bits per heavy atom. The van der Waals surface area contributed by atoms with Crippen LogP contribution >= 0.6 is 0 Å². The zero-order valence-electron chi connectivity index (χ0n) is 11.0. The molecular weight excluding hydrogens is 252 g/mol. The molecule has 0 unspecified atom stereocenters. The van der Waals surface area contributed by atoms with E-state index in [1.807, 2.05) is 53.1 Å². The highest BCUT2D eigenvalue weighted by Crippen LogP contribution is 2.28. The Bertz CT molecular complexity index is 722. The van der Waals surface area contributed by atoms with Crippen LogP contribution in [-0.4, -0.2) is 21.9 Å². The molecule has 0 aliphatic carbocycles. The summed E-state index contributed by atoms with van der Waals surface area (Å²) in [5, 5.41) is 8.16. The quantitative estimate of drug-likeness (QED) is 0.740. The number of anilines is 1. The van der Waals surface area contributed by atoms with E-state index in [-0.39, 0.29) is 0 Å². The summed E-state index contributed by atoms with van der Waals surface area (Å²) in [6.45, 7) is 0. The number of hydrogen-bond donors (Lipinski definition) is 1. The molecule has 0 fully saturated rings. The summed E-state index contributed by atoms with van der Waals surface area (Å²) in [6.07, 6.45) is 1.69. The highest BCUT2D eigenvalue weighted by molar-refractivity contribution is 5.67. The zero-order chi connectivity index (χ0) is 13.9. The molecule has 0 aliphatic heterocycles. The summed E-state index contributed by atoms with van der Waals surface area (Å²) in [4.78, 5) is 0. The van der Waals surface area contributed by atoms with Crippen LogP contribution in [0.25, 0.3) is 17.1 Å². The fraction of sp³-hybridized carbons (Fsp3) is 0.0667. The molecule has 3 rings (SSSR count). The predicted molar refractivity (Wildman–Crippen MR) is 77.8 cm³/mol. The number of hydrogen-bond acceptors (Lipinski definition) is 4. The van der Waals surface area contributed by atoms with Crippen LogP contribution in [0.3, 0.4) is 0 Å². The van der Waals surface area contributed by atoms with Crippen molar-refractivity contribution in [2.75, 3.05) is 12.8 Å². The summed E-state index contributed by atoms with van der Waals surface area (Å²) in [5.41, 5.74) is 8.42. The maximum absolute atomic E-state index is 5.94. The lowest BCUT2D eigenvalue weighted by molar-refractivity contribution is 0.417. The Hall–Kier alpha value is -2.82. The Kier molecular flexibility index (Phi) is 3.09. The van der Waals surface area contributed by atoms with Crippen LogP contribution in [0.15, 0.2) is 54.9 Å². The van der Waals surface area contributed by atoms with Gasteiger partial charge in [-0.15, -0.1) is 10.2 Å². The second kappa shape index (κ2) is 5.05. The summed E-state index contributed by atoms with van der Waals surface area (Å²) in [6, 6.07) is 15.5. The number of benzene rings is 2. The first-order valence-corrected chi connectivity index (χ1v) is 6.19. The summed E-state index contributed by atoms with van der Waals surface area (Å²) >= 11 is 0. The van der Waals surface area contributed by atoms with Crippen LogP contribution in [0, 0.1) is 0 Å². The minimum Gasteiger partial charge on any atom is -0.495 e. The fourth-order valence-corrected chi connectivity index (χ4v) is 2.08. The number of methoxy groups -OCH3 is 1. The molecule has 0 radical (unpaired) electrons. The van der Waals surface area contributed by atoms with Gasteiger partial charge in [-0.1, -0.05) is 18.2 Å². The van der Waals surface area contributed by atoms with Crippen molar-refractivity contribution < 1.29 is 4.74 Å². The SMILES string of the molecule is COc1ccc(-c2nncn2-c2ccccc2)cc1N. The van der Waals surface area contributed by atoms with Gasteiger partial charge in [0.1, 0.15) is 12.1 Å². The lowest BCUT2D eigenvalue weighted by Gasteiger charge is -2.09. The number of nitrogens with zero attached hydrogens (tertiary/aromatic N) is 3. The van der Waals surface area contributed by atoms with Gasteiger partial charge in [-0.05, 0) is 30.3 Å². The number of ether oxygens (including phenoxy) is 1. The molecule has 0 amide bonds. The number of rotatable bonds is 3. The highest BCUT2D eigenvalue weighted by atomic mass is 16.5. The van der Waals surface area contributed by atoms with Gasteiger partial charge < -0.3 is 10.5 Å². The molecule has 100 valence electrons. The van der Waals surface area contributed by atoms with E-state index in [4.69, 9.17) is 10.5 Å². The highest BCUT2D eigenvalue weighted by Gasteiger charge is 2.10. The largest absolute Gasteiger partial charge is 0.495 e. The van der Waals surface area contributed by atoms with Crippen LogP contribution in [0.2, 0.25) is 0 Å². The minimum absolute atomic E-state index is 0.576. The molecule has 2 aromatic carbocycles. The Morgan fingerprint density at radius 2 is 1.90 bits per heavy atom. The molecule has 2 N–H and O–H groups in total. The molecule has 0 aliphatic rings. The summed E-state index contributed by atoms with van der Waals surface area (Å²) in [7, 11) is 1.60. The van der Waals surface area contributed by atoms with E-state index in [9.17, 15) is 0 Å². The standard InChI is InChI=1S/C15H14N4O/c1-20-14-8-7-11(9-13(14)16)15-18-17-10-19(15)12-5-3-2-4-6-12/h2-10H,16H2,1H3. The first-order chi connectivity index (χ1) is 9.79. The van der Waals surface area contributed by atoms with E-state index in [0.29, 0.717) is 11.4 Å². The van der Waals surface area contributed by atoms with Crippen LogP contribution in [-0.2, 0) is 0 Å². The number of nitrogen functional groups attached to an aromatic ring is 1. The van der Waals surface area contributed by atoms with Crippen LogP contribution in [0.4, 0.5) is 5.69 Å². The first kappa shape index (κ1) is 12.2. The van der Waals surface area contributed by atoms with Crippen molar-refractivity contribution >= 4 is 5.69 Å². The molecule has 0 saturated carbocycles. The van der Waals surface area contributed by atoms with Gasteiger partial charge in [-0.2, -0.15) is 0 Å². The third-order valence-corrected chi connectivity index (χ3v) is 3.07. The average Bonchev–Trinajstić information content (AvgIpc) is 2.97. The molecule has 5 nitrogen and oxygen atoms in total. The van der Waals surface area contributed by atoms with Crippen molar-refractivity contribution in [2.24, 2.45) is 0 Å². The van der Waals surface area contributed by atoms with Crippen LogP contribution < -0.4 is 10.5 Å². The van der Waals surface area contributed by atoms with Gasteiger partial charge in [0.2, 0.25) is 0 Å². The Balaban J connectivity index is 2.08. The Labute approximate surface area is 116 Å². The molecule has 3 aromatic rings. The Morgan fingerprint density at radius 3 is 2.60 bits per heavy atom. The van der Waals surface area contributed by atoms with Crippen molar-refractivity contribution in [1.29, 1.82) is 0 Å². The third-order valence-electron chi connectivity index (χ3n) is 3.07. The molecule has 1 aromatic heterocycles. The second-order valence-corrected chi connectivity index (χ2v) is 4.32. The fourth-order valence-electron chi connectivity index (χ4n) is 2.08. The van der Waals surface area contributed by atoms with Crippen molar-refractivity contribution in [3.63, 3.8) is 0 Å². The lowest BCUT2D eigenvalue weighted by atomic mass is 10.1. The number of nitrogens with two attached hydrogens (primary N) is 1. The van der Waals surface area contributed by atoms with Crippen molar-refractivity contribution in [2.45, 2.75) is 0 Å². The zero-order valence-corrected chi connectivity index (χ0v) is 11.0. The van der Waals surface area contributed by atoms with Gasteiger partial charge in [0.25, 0.3) is 0 Å². The molecule has 0 spiro atoms. The topological polar surface area (TPSA) is 66.0 Å². The van der Waals surface area contributed by atoms with Gasteiger partial charge >= 0.3 is 0 Å². The third kappa shape index (κ3) is 2.09.